The second-order valence-electron chi connectivity index (χ2n) is 3.69. The average Bonchev–Trinajstić information content (AvgIpc) is 2.37. The predicted octanol–water partition coefficient (Wildman–Crippen LogP) is 1.74. The summed E-state index contributed by atoms with van der Waals surface area (Å²) in [6.07, 6.45) is 1.01. The van der Waals surface area contributed by atoms with Crippen LogP contribution >= 0.6 is 0 Å². The van der Waals surface area contributed by atoms with E-state index in [9.17, 15) is 4.79 Å². The molecule has 0 bridgehead atoms. The Labute approximate surface area is 102 Å². The van der Waals surface area contributed by atoms with Crippen molar-refractivity contribution in [2.45, 2.75) is 20.0 Å². The number of carbonyl (C=O) groups excluding carboxylic acids is 1. The molecule has 0 saturated heterocycles. The molecule has 0 aliphatic carbocycles. The summed E-state index contributed by atoms with van der Waals surface area (Å²) in [5.74, 6) is 0.568. The zero-order valence-electron chi connectivity index (χ0n) is 10.4. The molecule has 1 aromatic rings. The summed E-state index contributed by atoms with van der Waals surface area (Å²) in [4.78, 5) is 11.3. The second-order valence-corrected chi connectivity index (χ2v) is 3.69. The molecule has 0 spiro atoms. The minimum absolute atomic E-state index is 0.228. The number of hydrogen-bond acceptors (Lipinski definition) is 4. The third-order valence-corrected chi connectivity index (χ3v) is 2.25. The summed E-state index contributed by atoms with van der Waals surface area (Å²) in [6.45, 7) is 3.45. The molecule has 0 radical (unpaired) electrons. The first-order chi connectivity index (χ1) is 8.26. The van der Waals surface area contributed by atoms with Crippen LogP contribution in [0.4, 0.5) is 0 Å². The van der Waals surface area contributed by atoms with Gasteiger partial charge in [-0.3, -0.25) is 4.79 Å². The monoisotopic (exact) mass is 237 g/mol. The van der Waals surface area contributed by atoms with Crippen molar-refractivity contribution in [2.24, 2.45) is 0 Å². The Balaban J connectivity index is 2.27. The fourth-order valence-corrected chi connectivity index (χ4v) is 1.30. The van der Waals surface area contributed by atoms with Crippen molar-refractivity contribution in [3.05, 3.63) is 29.8 Å². The Morgan fingerprint density at radius 3 is 2.59 bits per heavy atom. The van der Waals surface area contributed by atoms with Crippen LogP contribution in [0.1, 0.15) is 18.9 Å². The SMILES string of the molecule is CCCNCC(=O)OCc1ccc(OC)cc1. The van der Waals surface area contributed by atoms with E-state index in [1.54, 1.807) is 7.11 Å². The lowest BCUT2D eigenvalue weighted by Crippen LogP contribution is -2.25. The van der Waals surface area contributed by atoms with Gasteiger partial charge in [0, 0.05) is 0 Å². The van der Waals surface area contributed by atoms with E-state index < -0.39 is 0 Å². The van der Waals surface area contributed by atoms with Crippen molar-refractivity contribution >= 4 is 5.97 Å². The van der Waals surface area contributed by atoms with Crippen molar-refractivity contribution in [3.8, 4) is 5.75 Å². The second kappa shape index (κ2) is 7.68. The normalized spacial score (nSPS) is 10.0. The third-order valence-electron chi connectivity index (χ3n) is 2.25. The van der Waals surface area contributed by atoms with Gasteiger partial charge in [0.2, 0.25) is 0 Å². The Morgan fingerprint density at radius 2 is 2.00 bits per heavy atom. The maximum atomic E-state index is 11.3. The number of esters is 1. The highest BCUT2D eigenvalue weighted by Crippen LogP contribution is 2.11. The van der Waals surface area contributed by atoms with Crippen molar-refractivity contribution in [1.82, 2.24) is 5.32 Å². The van der Waals surface area contributed by atoms with Crippen molar-refractivity contribution in [1.29, 1.82) is 0 Å². The maximum absolute atomic E-state index is 11.3. The predicted molar refractivity (Wildman–Crippen MR) is 66.0 cm³/mol. The van der Waals surface area contributed by atoms with Gasteiger partial charge in [0.1, 0.15) is 12.4 Å². The van der Waals surface area contributed by atoms with Crippen LogP contribution < -0.4 is 10.1 Å². The summed E-state index contributed by atoms with van der Waals surface area (Å²) < 4.78 is 10.1. The van der Waals surface area contributed by atoms with E-state index in [0.717, 1.165) is 24.3 Å². The number of methoxy groups -OCH3 is 1. The molecule has 0 saturated carbocycles. The average molecular weight is 237 g/mol. The minimum atomic E-state index is -0.228. The Hall–Kier alpha value is -1.55. The van der Waals surface area contributed by atoms with Gasteiger partial charge >= 0.3 is 5.97 Å². The van der Waals surface area contributed by atoms with Crippen LogP contribution in [0.15, 0.2) is 24.3 Å². The van der Waals surface area contributed by atoms with Gasteiger partial charge in [0.25, 0.3) is 0 Å². The zero-order valence-corrected chi connectivity index (χ0v) is 10.4. The quantitative estimate of drug-likeness (QED) is 0.579. The van der Waals surface area contributed by atoms with E-state index in [0.29, 0.717) is 6.61 Å². The van der Waals surface area contributed by atoms with Crippen LogP contribution in [-0.2, 0) is 16.1 Å². The molecule has 0 amide bonds. The summed E-state index contributed by atoms with van der Waals surface area (Å²) in [7, 11) is 1.62. The van der Waals surface area contributed by atoms with Gasteiger partial charge in [-0.05, 0) is 30.7 Å². The molecular weight excluding hydrogens is 218 g/mol. The molecule has 4 heteroatoms. The first-order valence-electron chi connectivity index (χ1n) is 5.75. The topological polar surface area (TPSA) is 47.6 Å². The number of ether oxygens (including phenoxy) is 2. The van der Waals surface area contributed by atoms with Crippen LogP contribution in [-0.4, -0.2) is 26.2 Å². The highest BCUT2D eigenvalue weighted by molar-refractivity contribution is 5.71. The van der Waals surface area contributed by atoms with E-state index in [1.165, 1.54) is 0 Å². The fourth-order valence-electron chi connectivity index (χ4n) is 1.30. The minimum Gasteiger partial charge on any atom is -0.497 e. The Bertz CT molecular complexity index is 335. The lowest BCUT2D eigenvalue weighted by atomic mass is 10.2. The van der Waals surface area contributed by atoms with Gasteiger partial charge in [-0.1, -0.05) is 19.1 Å². The largest absolute Gasteiger partial charge is 0.497 e. The zero-order chi connectivity index (χ0) is 12.5. The first kappa shape index (κ1) is 13.5. The third kappa shape index (κ3) is 5.36. The molecule has 1 aromatic carbocycles. The van der Waals surface area contributed by atoms with Crippen LogP contribution in [0.2, 0.25) is 0 Å². The number of nitrogens with one attached hydrogen (secondary N) is 1. The van der Waals surface area contributed by atoms with E-state index in [2.05, 4.69) is 12.2 Å². The van der Waals surface area contributed by atoms with Gasteiger partial charge in [-0.25, -0.2) is 0 Å². The number of hydrogen-bond donors (Lipinski definition) is 1. The van der Waals surface area contributed by atoms with Gasteiger partial charge in [-0.2, -0.15) is 0 Å². The molecule has 0 heterocycles. The molecule has 0 aliphatic rings. The highest BCUT2D eigenvalue weighted by Gasteiger charge is 2.02. The maximum Gasteiger partial charge on any atom is 0.320 e. The van der Waals surface area contributed by atoms with Crippen molar-refractivity contribution < 1.29 is 14.3 Å². The Morgan fingerprint density at radius 1 is 1.29 bits per heavy atom. The van der Waals surface area contributed by atoms with Crippen LogP contribution in [0.3, 0.4) is 0 Å². The van der Waals surface area contributed by atoms with E-state index in [4.69, 9.17) is 9.47 Å². The molecule has 0 aromatic heterocycles. The summed E-state index contributed by atoms with van der Waals surface area (Å²) in [6, 6.07) is 7.45. The summed E-state index contributed by atoms with van der Waals surface area (Å²) in [5.41, 5.74) is 0.953. The molecule has 0 unspecified atom stereocenters. The molecule has 0 atom stereocenters. The highest BCUT2D eigenvalue weighted by atomic mass is 16.5. The van der Waals surface area contributed by atoms with Gasteiger partial charge in [-0.15, -0.1) is 0 Å². The number of rotatable bonds is 7. The summed E-state index contributed by atoms with van der Waals surface area (Å²) >= 11 is 0. The van der Waals surface area contributed by atoms with Crippen molar-refractivity contribution in [3.63, 3.8) is 0 Å². The van der Waals surface area contributed by atoms with Gasteiger partial charge < -0.3 is 14.8 Å². The number of carbonyl (C=O) groups is 1. The molecule has 0 fully saturated rings. The van der Waals surface area contributed by atoms with Gasteiger partial charge in [0.15, 0.2) is 0 Å². The van der Waals surface area contributed by atoms with Crippen molar-refractivity contribution in [2.75, 3.05) is 20.2 Å². The molecule has 1 rings (SSSR count). The Kier molecular flexibility index (Phi) is 6.10. The molecule has 4 nitrogen and oxygen atoms in total. The summed E-state index contributed by atoms with van der Waals surface area (Å²) in [5, 5.41) is 2.99. The van der Waals surface area contributed by atoms with E-state index in [-0.39, 0.29) is 12.5 Å². The molecule has 1 N–H and O–H groups in total. The molecule has 0 aliphatic heterocycles. The molecule has 17 heavy (non-hydrogen) atoms. The fraction of sp³-hybridized carbons (Fsp3) is 0.462. The van der Waals surface area contributed by atoms with Crippen LogP contribution in [0.5, 0.6) is 5.75 Å². The number of benzene rings is 1. The smallest absolute Gasteiger partial charge is 0.320 e. The van der Waals surface area contributed by atoms with E-state index >= 15 is 0 Å². The van der Waals surface area contributed by atoms with Crippen LogP contribution in [0, 0.1) is 0 Å². The van der Waals surface area contributed by atoms with Gasteiger partial charge in [0.05, 0.1) is 13.7 Å². The van der Waals surface area contributed by atoms with E-state index in [1.807, 2.05) is 24.3 Å². The van der Waals surface area contributed by atoms with Crippen LogP contribution in [0.25, 0.3) is 0 Å². The lowest BCUT2D eigenvalue weighted by molar-refractivity contribution is -0.143. The standard InChI is InChI=1S/C13H19NO3/c1-3-8-14-9-13(15)17-10-11-4-6-12(16-2)7-5-11/h4-7,14H,3,8-10H2,1-2H3. The molecule has 94 valence electrons. The first-order valence-corrected chi connectivity index (χ1v) is 5.75. The lowest BCUT2D eigenvalue weighted by Gasteiger charge is -2.06. The molecular formula is C13H19NO3.